The van der Waals surface area contributed by atoms with Gasteiger partial charge in [0.2, 0.25) is 0 Å². The summed E-state index contributed by atoms with van der Waals surface area (Å²) in [6.45, 7) is 4.17. The number of hydrogen-bond acceptors (Lipinski definition) is 2. The molecule has 0 aromatic heterocycles. The molecule has 0 spiro atoms. The predicted octanol–water partition coefficient (Wildman–Crippen LogP) is 1.51. The normalized spacial score (nSPS) is 32.5. The molecule has 4 nitrogen and oxygen atoms in total. The number of nitrogens with zero attached hydrogens (tertiary/aromatic N) is 1. The molecule has 2 aliphatic rings. The Morgan fingerprint density at radius 3 is 2.47 bits per heavy atom. The van der Waals surface area contributed by atoms with Crippen LogP contribution in [0.4, 0.5) is 4.79 Å². The van der Waals surface area contributed by atoms with Crippen LogP contribution in [-0.2, 0) is 4.79 Å². The van der Waals surface area contributed by atoms with Crippen LogP contribution in [0.2, 0.25) is 0 Å². The van der Waals surface area contributed by atoms with E-state index in [4.69, 9.17) is 0 Å². The van der Waals surface area contributed by atoms with E-state index in [0.717, 1.165) is 12.8 Å². The van der Waals surface area contributed by atoms with Crippen molar-refractivity contribution in [3.05, 3.63) is 0 Å². The van der Waals surface area contributed by atoms with E-state index in [2.05, 4.69) is 5.32 Å². The van der Waals surface area contributed by atoms with Gasteiger partial charge in [0.1, 0.15) is 5.54 Å². The first kappa shape index (κ1) is 10.5. The molecule has 1 aliphatic carbocycles. The molecule has 0 radical (unpaired) electrons. The summed E-state index contributed by atoms with van der Waals surface area (Å²) < 4.78 is 0. The topological polar surface area (TPSA) is 49.4 Å². The summed E-state index contributed by atoms with van der Waals surface area (Å²) in [6, 6.07) is -0.225. The van der Waals surface area contributed by atoms with E-state index < -0.39 is 5.54 Å². The van der Waals surface area contributed by atoms with Crippen LogP contribution in [0.5, 0.6) is 0 Å². The molecule has 2 rings (SSSR count). The fourth-order valence-electron chi connectivity index (χ4n) is 2.78. The van der Waals surface area contributed by atoms with Crippen molar-refractivity contribution >= 4 is 11.9 Å². The van der Waals surface area contributed by atoms with Crippen molar-refractivity contribution in [2.75, 3.05) is 6.54 Å². The summed E-state index contributed by atoms with van der Waals surface area (Å²) in [4.78, 5) is 25.0. The molecule has 1 atom stereocenters. The van der Waals surface area contributed by atoms with Gasteiger partial charge in [-0.3, -0.25) is 9.69 Å². The molecule has 15 heavy (non-hydrogen) atoms. The lowest BCUT2D eigenvalue weighted by Crippen LogP contribution is -2.49. The van der Waals surface area contributed by atoms with Crippen molar-refractivity contribution in [1.29, 1.82) is 0 Å². The summed E-state index contributed by atoms with van der Waals surface area (Å²) >= 11 is 0. The quantitative estimate of drug-likeness (QED) is 0.702. The minimum absolute atomic E-state index is 0.0399. The van der Waals surface area contributed by atoms with Crippen LogP contribution >= 0.6 is 0 Å². The fraction of sp³-hybridized carbons (Fsp3) is 0.818. The summed E-state index contributed by atoms with van der Waals surface area (Å²) in [5.74, 6) is 0.285. The fourth-order valence-corrected chi connectivity index (χ4v) is 2.78. The highest BCUT2D eigenvalue weighted by Gasteiger charge is 2.52. The Kier molecular flexibility index (Phi) is 2.44. The van der Waals surface area contributed by atoms with Gasteiger partial charge in [-0.2, -0.15) is 0 Å². The van der Waals surface area contributed by atoms with E-state index in [0.29, 0.717) is 12.5 Å². The molecule has 1 heterocycles. The lowest BCUT2D eigenvalue weighted by atomic mass is 9.84. The third kappa shape index (κ3) is 1.43. The van der Waals surface area contributed by atoms with Crippen molar-refractivity contribution in [2.45, 2.75) is 45.1 Å². The largest absolute Gasteiger partial charge is 0.325 e. The first-order valence-corrected chi connectivity index (χ1v) is 5.73. The number of amides is 3. The van der Waals surface area contributed by atoms with Gasteiger partial charge in [0, 0.05) is 6.54 Å². The second kappa shape index (κ2) is 3.51. The van der Waals surface area contributed by atoms with Gasteiger partial charge in [-0.15, -0.1) is 0 Å². The second-order valence-electron chi connectivity index (χ2n) is 4.66. The van der Waals surface area contributed by atoms with Crippen LogP contribution in [0.3, 0.4) is 0 Å². The molecule has 0 bridgehead atoms. The maximum atomic E-state index is 12.1. The Labute approximate surface area is 90.0 Å². The lowest BCUT2D eigenvalue weighted by Gasteiger charge is -2.28. The summed E-state index contributed by atoms with van der Waals surface area (Å²) in [7, 11) is 0. The maximum Gasteiger partial charge on any atom is 0.325 e. The van der Waals surface area contributed by atoms with Crippen molar-refractivity contribution in [3.63, 3.8) is 0 Å². The number of carbonyl (C=O) groups excluding carboxylic acids is 2. The zero-order valence-electron chi connectivity index (χ0n) is 9.38. The Morgan fingerprint density at radius 1 is 1.40 bits per heavy atom. The van der Waals surface area contributed by atoms with Gasteiger partial charge >= 0.3 is 6.03 Å². The van der Waals surface area contributed by atoms with Gasteiger partial charge in [0.15, 0.2) is 0 Å². The van der Waals surface area contributed by atoms with Crippen LogP contribution in [0, 0.1) is 5.92 Å². The predicted molar refractivity (Wildman–Crippen MR) is 56.3 cm³/mol. The first-order valence-electron chi connectivity index (χ1n) is 5.73. The minimum Gasteiger partial charge on any atom is -0.323 e. The molecule has 4 heteroatoms. The van der Waals surface area contributed by atoms with Crippen LogP contribution in [-0.4, -0.2) is 28.9 Å². The Bertz CT molecular complexity index is 297. The van der Waals surface area contributed by atoms with Crippen LogP contribution in [0.25, 0.3) is 0 Å². The number of rotatable bonds is 2. The summed E-state index contributed by atoms with van der Waals surface area (Å²) in [6.07, 6.45) is 4.46. The van der Waals surface area contributed by atoms with Gasteiger partial charge in [-0.25, -0.2) is 4.79 Å². The first-order chi connectivity index (χ1) is 7.09. The summed E-state index contributed by atoms with van der Waals surface area (Å²) in [5, 5.41) is 2.86. The third-order valence-corrected chi connectivity index (χ3v) is 3.79. The minimum atomic E-state index is -0.635. The highest BCUT2D eigenvalue weighted by Crippen LogP contribution is 2.37. The zero-order chi connectivity index (χ0) is 11.1. The monoisotopic (exact) mass is 210 g/mol. The molecule has 2 fully saturated rings. The molecule has 0 aromatic carbocycles. The second-order valence-corrected chi connectivity index (χ2v) is 4.66. The van der Waals surface area contributed by atoms with Crippen molar-refractivity contribution in [3.8, 4) is 0 Å². The zero-order valence-corrected chi connectivity index (χ0v) is 9.38. The molecule has 1 saturated heterocycles. The molecule has 84 valence electrons. The number of carbonyl (C=O) groups is 2. The van der Waals surface area contributed by atoms with E-state index in [9.17, 15) is 9.59 Å². The van der Waals surface area contributed by atoms with Crippen LogP contribution < -0.4 is 5.32 Å². The number of imide groups is 1. The van der Waals surface area contributed by atoms with E-state index in [1.54, 1.807) is 0 Å². The van der Waals surface area contributed by atoms with Gasteiger partial charge in [-0.05, 0) is 32.6 Å². The molecule has 1 unspecified atom stereocenters. The van der Waals surface area contributed by atoms with Gasteiger partial charge in [0.05, 0.1) is 0 Å². The smallest absolute Gasteiger partial charge is 0.323 e. The maximum absolute atomic E-state index is 12.1. The Hall–Kier alpha value is -1.06. The van der Waals surface area contributed by atoms with Gasteiger partial charge < -0.3 is 5.32 Å². The van der Waals surface area contributed by atoms with E-state index in [-0.39, 0.29) is 11.9 Å². The Balaban J connectivity index is 2.22. The molecular weight excluding hydrogens is 192 g/mol. The number of hydrogen-bond donors (Lipinski definition) is 1. The number of urea groups is 1. The lowest BCUT2D eigenvalue weighted by molar-refractivity contribution is -0.132. The Morgan fingerprint density at radius 2 is 2.00 bits per heavy atom. The van der Waals surface area contributed by atoms with Crippen molar-refractivity contribution < 1.29 is 9.59 Å². The molecule has 3 amide bonds. The van der Waals surface area contributed by atoms with E-state index in [1.165, 1.54) is 17.7 Å². The van der Waals surface area contributed by atoms with Gasteiger partial charge in [0.25, 0.3) is 5.91 Å². The summed E-state index contributed by atoms with van der Waals surface area (Å²) in [5.41, 5.74) is -0.635. The molecule has 0 aromatic rings. The SMILES string of the molecule is CCN1C(=O)NC(C)(C2CCCC2)C1=O. The molecular formula is C11H18N2O2. The molecule has 1 aliphatic heterocycles. The van der Waals surface area contributed by atoms with Crippen LogP contribution in [0.15, 0.2) is 0 Å². The van der Waals surface area contributed by atoms with Crippen molar-refractivity contribution in [1.82, 2.24) is 10.2 Å². The van der Waals surface area contributed by atoms with E-state index in [1.807, 2.05) is 13.8 Å². The highest BCUT2D eigenvalue weighted by atomic mass is 16.2. The average Bonchev–Trinajstić information content (AvgIpc) is 2.76. The number of nitrogens with one attached hydrogen (secondary N) is 1. The average molecular weight is 210 g/mol. The van der Waals surface area contributed by atoms with Crippen molar-refractivity contribution in [2.24, 2.45) is 5.92 Å². The van der Waals surface area contributed by atoms with Crippen LogP contribution in [0.1, 0.15) is 39.5 Å². The molecule has 1 saturated carbocycles. The van der Waals surface area contributed by atoms with Gasteiger partial charge in [-0.1, -0.05) is 12.8 Å². The number of likely N-dealkylation sites (N-methyl/N-ethyl adjacent to an activating group) is 1. The standard InChI is InChI=1S/C11H18N2O2/c1-3-13-9(14)11(2,12-10(13)15)8-6-4-5-7-8/h8H,3-7H2,1-2H3,(H,12,15). The highest BCUT2D eigenvalue weighted by molar-refractivity contribution is 6.06. The van der Waals surface area contributed by atoms with E-state index >= 15 is 0 Å². The third-order valence-electron chi connectivity index (χ3n) is 3.79. The molecule has 1 N–H and O–H groups in total.